The van der Waals surface area contributed by atoms with Crippen molar-refractivity contribution >= 4 is 6.03 Å². The quantitative estimate of drug-likeness (QED) is 0.912. The summed E-state index contributed by atoms with van der Waals surface area (Å²) >= 11 is 0. The lowest BCUT2D eigenvalue weighted by Crippen LogP contribution is -2.47. The third-order valence-electron chi connectivity index (χ3n) is 4.79. The van der Waals surface area contributed by atoms with E-state index in [0.717, 1.165) is 12.8 Å². The van der Waals surface area contributed by atoms with E-state index in [-0.39, 0.29) is 18.9 Å². The van der Waals surface area contributed by atoms with Crippen molar-refractivity contribution in [2.75, 3.05) is 13.1 Å². The molecular weight excluding hydrogens is 290 g/mol. The van der Waals surface area contributed by atoms with Crippen molar-refractivity contribution in [3.63, 3.8) is 0 Å². The number of nitrogens with zero attached hydrogens (tertiary/aromatic N) is 3. The fraction of sp³-hybridized carbons (Fsp3) is 0.733. The van der Waals surface area contributed by atoms with Crippen LogP contribution in [0, 0.1) is 0 Å². The van der Waals surface area contributed by atoms with Crippen molar-refractivity contribution in [1.29, 1.82) is 0 Å². The molecule has 1 saturated carbocycles. The number of aromatic nitrogens is 2. The van der Waals surface area contributed by atoms with Crippen LogP contribution in [0.3, 0.4) is 0 Å². The average molecular weight is 312 g/mol. The van der Waals surface area contributed by atoms with E-state index in [1.807, 2.05) is 17.8 Å². The lowest BCUT2D eigenvalue weighted by atomic mass is 9.94. The number of rotatable bonds is 2. The van der Waals surface area contributed by atoms with Gasteiger partial charge in [0.2, 0.25) is 5.92 Å². The van der Waals surface area contributed by atoms with Gasteiger partial charge in [0, 0.05) is 56.8 Å². The summed E-state index contributed by atoms with van der Waals surface area (Å²) in [6, 6.07) is -0.594. The molecule has 2 heterocycles. The van der Waals surface area contributed by atoms with Gasteiger partial charge in [-0.15, -0.1) is 0 Å². The summed E-state index contributed by atoms with van der Waals surface area (Å²) in [6.45, 7) is 1.32. The first-order valence-corrected chi connectivity index (χ1v) is 7.84. The Bertz CT molecular complexity index is 537. The number of alkyl halides is 2. The summed E-state index contributed by atoms with van der Waals surface area (Å²) < 4.78 is 28.3. The van der Waals surface area contributed by atoms with Gasteiger partial charge in [0.05, 0.1) is 6.33 Å². The van der Waals surface area contributed by atoms with Crippen LogP contribution in [0.1, 0.15) is 43.7 Å². The molecule has 1 unspecified atom stereocenters. The molecule has 1 aliphatic heterocycles. The molecule has 2 aliphatic rings. The van der Waals surface area contributed by atoms with Gasteiger partial charge in [-0.05, 0) is 19.3 Å². The van der Waals surface area contributed by atoms with Gasteiger partial charge in [-0.25, -0.2) is 18.6 Å². The molecule has 2 fully saturated rings. The van der Waals surface area contributed by atoms with Gasteiger partial charge >= 0.3 is 6.03 Å². The first-order chi connectivity index (χ1) is 10.4. The number of imidazole rings is 1. The van der Waals surface area contributed by atoms with Crippen molar-refractivity contribution in [2.24, 2.45) is 7.05 Å². The highest BCUT2D eigenvalue weighted by molar-refractivity contribution is 5.74. The minimum Gasteiger partial charge on any atom is -0.337 e. The van der Waals surface area contributed by atoms with Gasteiger partial charge in [0.15, 0.2) is 0 Å². The monoisotopic (exact) mass is 312 g/mol. The summed E-state index contributed by atoms with van der Waals surface area (Å²) in [5.74, 6) is -2.21. The van der Waals surface area contributed by atoms with Crippen LogP contribution in [-0.4, -0.2) is 45.5 Å². The van der Waals surface area contributed by atoms with Crippen molar-refractivity contribution in [2.45, 2.75) is 50.0 Å². The lowest BCUT2D eigenvalue weighted by molar-refractivity contribution is 0.00716. The van der Waals surface area contributed by atoms with E-state index in [1.165, 1.54) is 5.69 Å². The summed E-state index contributed by atoms with van der Waals surface area (Å²) in [4.78, 5) is 18.0. The molecule has 0 aromatic carbocycles. The first-order valence-electron chi connectivity index (χ1n) is 7.84. The van der Waals surface area contributed by atoms with Crippen molar-refractivity contribution in [3.05, 3.63) is 18.2 Å². The number of halogens is 2. The number of carbonyl (C=O) groups is 1. The highest BCUT2D eigenvalue weighted by Crippen LogP contribution is 2.35. The maximum atomic E-state index is 13.2. The molecule has 1 N–H and O–H groups in total. The molecule has 1 aromatic heterocycles. The summed E-state index contributed by atoms with van der Waals surface area (Å²) in [6.07, 6.45) is 5.44. The molecule has 0 spiro atoms. The number of hydrogen-bond donors (Lipinski definition) is 1. The molecule has 1 atom stereocenters. The zero-order valence-corrected chi connectivity index (χ0v) is 12.8. The second-order valence-corrected chi connectivity index (χ2v) is 6.44. The Morgan fingerprint density at radius 2 is 2.09 bits per heavy atom. The van der Waals surface area contributed by atoms with Gasteiger partial charge in [0.1, 0.15) is 0 Å². The van der Waals surface area contributed by atoms with Gasteiger partial charge in [-0.1, -0.05) is 0 Å². The van der Waals surface area contributed by atoms with Gasteiger partial charge < -0.3 is 14.8 Å². The van der Waals surface area contributed by atoms with Crippen molar-refractivity contribution in [3.8, 4) is 0 Å². The number of aryl methyl sites for hydroxylation is 1. The number of carbonyl (C=O) groups excluding carboxylic acids is 1. The molecule has 0 bridgehead atoms. The minimum atomic E-state index is -2.62. The van der Waals surface area contributed by atoms with Crippen LogP contribution >= 0.6 is 0 Å². The molecule has 2 amide bonds. The number of piperidine rings is 1. The molecule has 1 saturated heterocycles. The molecule has 3 rings (SSSR count). The zero-order chi connectivity index (χ0) is 15.7. The maximum Gasteiger partial charge on any atom is 0.317 e. The van der Waals surface area contributed by atoms with E-state index < -0.39 is 12.0 Å². The smallest absolute Gasteiger partial charge is 0.317 e. The number of urea groups is 1. The molecule has 1 aromatic rings. The number of amides is 2. The third-order valence-corrected chi connectivity index (χ3v) is 4.79. The Balaban J connectivity index is 1.49. The zero-order valence-electron chi connectivity index (χ0n) is 12.8. The molecule has 22 heavy (non-hydrogen) atoms. The highest BCUT2D eigenvalue weighted by atomic mass is 19.3. The van der Waals surface area contributed by atoms with Gasteiger partial charge in [-0.2, -0.15) is 0 Å². The normalized spacial score (nSPS) is 25.4. The van der Waals surface area contributed by atoms with Crippen LogP contribution < -0.4 is 5.32 Å². The molecule has 122 valence electrons. The lowest BCUT2D eigenvalue weighted by Gasteiger charge is -2.32. The fourth-order valence-corrected chi connectivity index (χ4v) is 3.48. The van der Waals surface area contributed by atoms with Crippen LogP contribution in [0.4, 0.5) is 13.6 Å². The van der Waals surface area contributed by atoms with Crippen LogP contribution in [0.5, 0.6) is 0 Å². The second-order valence-electron chi connectivity index (χ2n) is 6.44. The summed E-state index contributed by atoms with van der Waals surface area (Å²) in [5, 5.41) is 2.75. The molecule has 5 nitrogen and oxygen atoms in total. The Kier molecular flexibility index (Phi) is 4.06. The molecule has 1 aliphatic carbocycles. The predicted octanol–water partition coefficient (Wildman–Crippen LogP) is 2.50. The average Bonchev–Trinajstić information content (AvgIpc) is 3.04. The summed E-state index contributed by atoms with van der Waals surface area (Å²) in [7, 11) is 1.97. The van der Waals surface area contributed by atoms with E-state index in [0.29, 0.717) is 25.4 Å². The SMILES string of the molecule is Cn1cncc1C1CCN(C(=O)NC2CCC(F)(F)C2)CC1. The van der Waals surface area contributed by atoms with Crippen LogP contribution in [-0.2, 0) is 7.05 Å². The largest absolute Gasteiger partial charge is 0.337 e. The Morgan fingerprint density at radius 1 is 1.36 bits per heavy atom. The van der Waals surface area contributed by atoms with Gasteiger partial charge in [0.25, 0.3) is 0 Å². The standard InChI is InChI=1S/C15H22F2N4O/c1-20-10-18-9-13(20)11-3-6-21(7-4-11)14(22)19-12-2-5-15(16,17)8-12/h9-12H,2-8H2,1H3,(H,19,22). The van der Waals surface area contributed by atoms with Crippen LogP contribution in [0.2, 0.25) is 0 Å². The Labute approximate surface area is 128 Å². The Morgan fingerprint density at radius 3 is 2.64 bits per heavy atom. The van der Waals surface area contributed by atoms with E-state index in [9.17, 15) is 13.6 Å². The van der Waals surface area contributed by atoms with Crippen molar-refractivity contribution < 1.29 is 13.6 Å². The third kappa shape index (κ3) is 3.23. The van der Waals surface area contributed by atoms with Crippen LogP contribution in [0.25, 0.3) is 0 Å². The Hall–Kier alpha value is -1.66. The molecule has 7 heteroatoms. The predicted molar refractivity (Wildman–Crippen MR) is 77.9 cm³/mol. The van der Waals surface area contributed by atoms with Gasteiger partial charge in [-0.3, -0.25) is 0 Å². The van der Waals surface area contributed by atoms with E-state index in [4.69, 9.17) is 0 Å². The van der Waals surface area contributed by atoms with E-state index >= 15 is 0 Å². The van der Waals surface area contributed by atoms with E-state index in [2.05, 4.69) is 10.3 Å². The number of hydrogen-bond acceptors (Lipinski definition) is 2. The maximum absolute atomic E-state index is 13.2. The van der Waals surface area contributed by atoms with Crippen LogP contribution in [0.15, 0.2) is 12.5 Å². The number of likely N-dealkylation sites (tertiary alicyclic amines) is 1. The van der Waals surface area contributed by atoms with Crippen molar-refractivity contribution in [1.82, 2.24) is 19.8 Å². The molecule has 0 radical (unpaired) electrons. The first kappa shape index (κ1) is 15.2. The molecular formula is C15H22F2N4O. The second kappa shape index (κ2) is 5.85. The van der Waals surface area contributed by atoms with E-state index in [1.54, 1.807) is 11.2 Å². The topological polar surface area (TPSA) is 50.2 Å². The number of nitrogens with one attached hydrogen (secondary N) is 1. The minimum absolute atomic E-state index is 0.124. The summed E-state index contributed by atoms with van der Waals surface area (Å²) in [5.41, 5.74) is 1.19. The highest BCUT2D eigenvalue weighted by Gasteiger charge is 2.40. The fourth-order valence-electron chi connectivity index (χ4n) is 3.48.